The lowest BCUT2D eigenvalue weighted by molar-refractivity contribution is -0.152. The maximum atomic E-state index is 12.2. The number of carbonyl (C=O) groups is 1. The summed E-state index contributed by atoms with van der Waals surface area (Å²) in [6, 6.07) is 0. The Morgan fingerprint density at radius 1 is 1.61 bits per heavy atom. The van der Waals surface area contributed by atoms with Gasteiger partial charge >= 0.3 is 5.97 Å². The van der Waals surface area contributed by atoms with Crippen molar-refractivity contribution in [3.63, 3.8) is 0 Å². The topological polar surface area (TPSA) is 46.5 Å². The first-order chi connectivity index (χ1) is 8.34. The molecule has 0 aromatic rings. The van der Waals surface area contributed by atoms with E-state index in [0.717, 1.165) is 6.42 Å². The average Bonchev–Trinajstić information content (AvgIpc) is 2.33. The predicted molar refractivity (Wildman–Crippen MR) is 67.7 cm³/mol. The smallest absolute Gasteiger partial charge is 0.314 e. The second-order valence-corrected chi connectivity index (χ2v) is 6.48. The van der Waals surface area contributed by atoms with Crippen LogP contribution in [0.2, 0.25) is 0 Å². The van der Waals surface area contributed by atoms with E-state index in [-0.39, 0.29) is 17.5 Å². The molecule has 3 nitrogen and oxygen atoms in total. The van der Waals surface area contributed by atoms with Crippen molar-refractivity contribution in [3.05, 3.63) is 23.8 Å². The van der Waals surface area contributed by atoms with E-state index in [1.165, 1.54) is 5.57 Å². The second-order valence-electron chi connectivity index (χ2n) is 6.48. The molecule has 4 rings (SSSR count). The number of hydrogen-bond donors (Lipinski definition) is 1. The molecule has 0 radical (unpaired) electrons. The van der Waals surface area contributed by atoms with Crippen LogP contribution in [-0.4, -0.2) is 22.8 Å². The number of carbonyl (C=O) groups excluding carboxylic acids is 1. The van der Waals surface area contributed by atoms with Crippen molar-refractivity contribution in [1.82, 2.24) is 0 Å². The molecule has 18 heavy (non-hydrogen) atoms. The van der Waals surface area contributed by atoms with E-state index < -0.39 is 5.60 Å². The van der Waals surface area contributed by atoms with Crippen LogP contribution in [0, 0.1) is 17.3 Å². The monoisotopic (exact) mass is 248 g/mol. The first-order valence-corrected chi connectivity index (χ1v) is 6.64. The molecule has 0 amide bonds. The van der Waals surface area contributed by atoms with Crippen LogP contribution in [0.25, 0.3) is 0 Å². The molecule has 3 heteroatoms. The van der Waals surface area contributed by atoms with E-state index in [1.54, 1.807) is 19.9 Å². The zero-order chi connectivity index (χ0) is 13.1. The second kappa shape index (κ2) is 3.47. The molecule has 1 aliphatic heterocycles. The van der Waals surface area contributed by atoms with Crippen LogP contribution < -0.4 is 0 Å². The van der Waals surface area contributed by atoms with Gasteiger partial charge in [0.15, 0.2) is 0 Å². The number of esters is 1. The summed E-state index contributed by atoms with van der Waals surface area (Å²) >= 11 is 0. The number of aliphatic hydroxyl groups is 1. The van der Waals surface area contributed by atoms with Gasteiger partial charge in [0.1, 0.15) is 6.10 Å². The highest BCUT2D eigenvalue weighted by Gasteiger charge is 2.69. The summed E-state index contributed by atoms with van der Waals surface area (Å²) in [6.07, 6.45) is 7.60. The highest BCUT2D eigenvalue weighted by atomic mass is 16.6. The molecule has 98 valence electrons. The van der Waals surface area contributed by atoms with Crippen LogP contribution in [0.15, 0.2) is 23.8 Å². The molecule has 4 atom stereocenters. The van der Waals surface area contributed by atoms with Gasteiger partial charge in [-0.25, -0.2) is 0 Å². The molecule has 4 bridgehead atoms. The van der Waals surface area contributed by atoms with Crippen molar-refractivity contribution in [2.24, 2.45) is 17.3 Å². The summed E-state index contributed by atoms with van der Waals surface area (Å²) in [6.45, 7) is 5.58. The molecule has 1 heterocycles. The van der Waals surface area contributed by atoms with Gasteiger partial charge < -0.3 is 9.84 Å². The summed E-state index contributed by atoms with van der Waals surface area (Å²) in [5, 5.41) is 9.69. The highest BCUT2D eigenvalue weighted by molar-refractivity contribution is 5.84. The van der Waals surface area contributed by atoms with Gasteiger partial charge in [-0.3, -0.25) is 4.79 Å². The molecule has 4 aliphatic rings. The van der Waals surface area contributed by atoms with Crippen molar-refractivity contribution in [3.8, 4) is 0 Å². The van der Waals surface area contributed by atoms with Crippen LogP contribution in [0.1, 0.15) is 33.6 Å². The summed E-state index contributed by atoms with van der Waals surface area (Å²) < 4.78 is 5.48. The standard InChI is InChI=1S/C15H20O3/c1-9-7-12-11-8-10(9)15(11,13(16)18-12)6-4-5-14(2,3)17/h4-5,7,10-12,17H,6,8H2,1-3H3/b5-4+/t10-,11+,12-,15+/m1/s1. The van der Waals surface area contributed by atoms with Crippen LogP contribution in [-0.2, 0) is 9.53 Å². The maximum Gasteiger partial charge on any atom is 0.314 e. The Kier molecular flexibility index (Phi) is 2.31. The lowest BCUT2D eigenvalue weighted by Crippen LogP contribution is -2.54. The molecule has 3 aliphatic carbocycles. The zero-order valence-corrected chi connectivity index (χ0v) is 11.1. The summed E-state index contributed by atoms with van der Waals surface area (Å²) in [5.74, 6) is 0.660. The van der Waals surface area contributed by atoms with Crippen molar-refractivity contribution >= 4 is 5.97 Å². The minimum Gasteiger partial charge on any atom is -0.457 e. The maximum absolute atomic E-state index is 12.2. The van der Waals surface area contributed by atoms with Gasteiger partial charge in [0.2, 0.25) is 0 Å². The zero-order valence-electron chi connectivity index (χ0n) is 11.1. The van der Waals surface area contributed by atoms with Gasteiger partial charge in [-0.15, -0.1) is 0 Å². The van der Waals surface area contributed by atoms with E-state index >= 15 is 0 Å². The number of rotatable bonds is 3. The van der Waals surface area contributed by atoms with Crippen molar-refractivity contribution in [2.75, 3.05) is 0 Å². The minimum atomic E-state index is -0.817. The summed E-state index contributed by atoms with van der Waals surface area (Å²) in [7, 11) is 0. The Morgan fingerprint density at radius 2 is 2.33 bits per heavy atom. The van der Waals surface area contributed by atoms with Crippen LogP contribution in [0.5, 0.6) is 0 Å². The molecular weight excluding hydrogens is 228 g/mol. The van der Waals surface area contributed by atoms with E-state index in [0.29, 0.717) is 18.3 Å². The molecular formula is C15H20O3. The Balaban J connectivity index is 1.85. The fourth-order valence-electron chi connectivity index (χ4n) is 3.85. The van der Waals surface area contributed by atoms with Crippen molar-refractivity contribution < 1.29 is 14.6 Å². The van der Waals surface area contributed by atoms with Gasteiger partial charge in [-0.2, -0.15) is 0 Å². The third-order valence-corrected chi connectivity index (χ3v) is 4.75. The molecule has 0 aromatic carbocycles. The largest absolute Gasteiger partial charge is 0.457 e. The SMILES string of the molecule is CC1=C[C@H]2OC(=O)[C@@]3(C/C=C/C(C)(C)O)[C@@H]1C[C@@H]23. The van der Waals surface area contributed by atoms with Gasteiger partial charge in [0.05, 0.1) is 11.0 Å². The lowest BCUT2D eigenvalue weighted by Gasteiger charge is -2.52. The first-order valence-electron chi connectivity index (χ1n) is 6.64. The fraction of sp³-hybridized carbons (Fsp3) is 0.667. The quantitative estimate of drug-likeness (QED) is 0.615. The molecule has 0 unspecified atom stereocenters. The van der Waals surface area contributed by atoms with Crippen molar-refractivity contribution in [1.29, 1.82) is 0 Å². The van der Waals surface area contributed by atoms with E-state index in [2.05, 4.69) is 13.0 Å². The Morgan fingerprint density at radius 3 is 2.94 bits per heavy atom. The molecule has 0 aromatic heterocycles. The summed E-state index contributed by atoms with van der Waals surface area (Å²) in [4.78, 5) is 12.2. The first kappa shape index (κ1) is 12.0. The normalized spacial score (nSPS) is 41.7. The molecule has 1 N–H and O–H groups in total. The van der Waals surface area contributed by atoms with Gasteiger partial charge in [-0.05, 0) is 45.6 Å². The van der Waals surface area contributed by atoms with Gasteiger partial charge in [0.25, 0.3) is 0 Å². The number of hydrogen-bond acceptors (Lipinski definition) is 3. The van der Waals surface area contributed by atoms with Gasteiger partial charge in [0, 0.05) is 5.92 Å². The Bertz CT molecular complexity index is 455. The Hall–Kier alpha value is -1.09. The Labute approximate surface area is 108 Å². The van der Waals surface area contributed by atoms with Crippen molar-refractivity contribution in [2.45, 2.75) is 45.3 Å². The van der Waals surface area contributed by atoms with Crippen LogP contribution >= 0.6 is 0 Å². The third-order valence-electron chi connectivity index (χ3n) is 4.75. The predicted octanol–water partition coefficient (Wildman–Crippen LogP) is 2.21. The highest BCUT2D eigenvalue weighted by Crippen LogP contribution is 2.66. The molecule has 0 spiro atoms. The molecule has 2 fully saturated rings. The van der Waals surface area contributed by atoms with Crippen LogP contribution in [0.4, 0.5) is 0 Å². The lowest BCUT2D eigenvalue weighted by atomic mass is 9.47. The van der Waals surface area contributed by atoms with E-state index in [9.17, 15) is 9.90 Å². The number of ether oxygens (including phenoxy) is 1. The van der Waals surface area contributed by atoms with Gasteiger partial charge in [-0.1, -0.05) is 17.7 Å². The third kappa shape index (κ3) is 1.43. The minimum absolute atomic E-state index is 0.00182. The fourth-order valence-corrected chi connectivity index (χ4v) is 3.85. The van der Waals surface area contributed by atoms with E-state index in [1.807, 2.05) is 6.08 Å². The van der Waals surface area contributed by atoms with E-state index in [4.69, 9.17) is 4.74 Å². The molecule has 1 saturated carbocycles. The average molecular weight is 248 g/mol. The molecule has 1 saturated heterocycles. The summed E-state index contributed by atoms with van der Waals surface area (Å²) in [5.41, 5.74) is 0.151. The van der Waals surface area contributed by atoms with Crippen LogP contribution in [0.3, 0.4) is 0 Å². The number of allylic oxidation sites excluding steroid dienone is 2.